The molecule has 1 aliphatic rings. The molecule has 6 heteroatoms. The second-order valence-corrected chi connectivity index (χ2v) is 8.56. The molecule has 1 aliphatic heterocycles. The SMILES string of the molecule is C[C@@H](c1ccc(-c2ccc(F)cc2F)cc1)N1CCC(CC#N)(c2ccc(F)cc2)CC1=O. The Hall–Kier alpha value is -3.59. The Morgan fingerprint density at radius 3 is 2.27 bits per heavy atom. The molecule has 168 valence electrons. The standard InChI is InChI=1S/C27H23F3N2O/c1-18(19-2-4-20(5-3-19)24-11-10-23(29)16-25(24)30)32-15-13-27(12-14-31,17-26(32)33)21-6-8-22(28)9-7-21/h2-11,16,18H,12-13,15,17H2,1H3/t18-,27?/m0/s1. The highest BCUT2D eigenvalue weighted by Crippen LogP contribution is 2.41. The molecule has 0 aliphatic carbocycles. The largest absolute Gasteiger partial charge is 0.336 e. The lowest BCUT2D eigenvalue weighted by molar-refractivity contribution is -0.138. The van der Waals surface area contributed by atoms with Crippen LogP contribution in [0.2, 0.25) is 0 Å². The molecule has 33 heavy (non-hydrogen) atoms. The molecule has 0 saturated carbocycles. The van der Waals surface area contributed by atoms with Crippen LogP contribution in [0.1, 0.15) is 43.4 Å². The van der Waals surface area contributed by atoms with Crippen molar-refractivity contribution < 1.29 is 18.0 Å². The molecule has 0 bridgehead atoms. The molecule has 0 N–H and O–H groups in total. The van der Waals surface area contributed by atoms with Crippen molar-refractivity contribution in [2.24, 2.45) is 0 Å². The zero-order valence-electron chi connectivity index (χ0n) is 18.2. The van der Waals surface area contributed by atoms with Crippen LogP contribution in [-0.2, 0) is 10.2 Å². The average molecular weight is 448 g/mol. The number of nitrogens with zero attached hydrogens (tertiary/aromatic N) is 2. The van der Waals surface area contributed by atoms with Gasteiger partial charge in [0.15, 0.2) is 0 Å². The van der Waals surface area contributed by atoms with Gasteiger partial charge in [-0.25, -0.2) is 13.2 Å². The summed E-state index contributed by atoms with van der Waals surface area (Å²) in [6.45, 7) is 2.40. The molecule has 1 unspecified atom stereocenters. The van der Waals surface area contributed by atoms with Crippen LogP contribution >= 0.6 is 0 Å². The summed E-state index contributed by atoms with van der Waals surface area (Å²) in [5.74, 6) is -1.68. The van der Waals surface area contributed by atoms with E-state index in [1.165, 1.54) is 24.3 Å². The molecular formula is C27H23F3N2O. The second kappa shape index (κ2) is 9.11. The fourth-order valence-electron chi connectivity index (χ4n) is 4.65. The van der Waals surface area contributed by atoms with Gasteiger partial charge in [0.05, 0.1) is 12.1 Å². The van der Waals surface area contributed by atoms with Gasteiger partial charge in [0.1, 0.15) is 17.5 Å². The second-order valence-electron chi connectivity index (χ2n) is 8.56. The lowest BCUT2D eigenvalue weighted by Gasteiger charge is -2.43. The van der Waals surface area contributed by atoms with E-state index in [1.54, 1.807) is 29.2 Å². The molecule has 4 rings (SSSR count). The highest BCUT2D eigenvalue weighted by atomic mass is 19.1. The minimum Gasteiger partial charge on any atom is -0.336 e. The fourth-order valence-corrected chi connectivity index (χ4v) is 4.65. The molecule has 1 heterocycles. The van der Waals surface area contributed by atoms with Crippen LogP contribution in [0.3, 0.4) is 0 Å². The predicted molar refractivity (Wildman–Crippen MR) is 119 cm³/mol. The molecule has 3 aromatic carbocycles. The lowest BCUT2D eigenvalue weighted by Crippen LogP contribution is -2.47. The number of nitriles is 1. The minimum absolute atomic E-state index is 0.0676. The van der Waals surface area contributed by atoms with Crippen molar-refractivity contribution in [1.29, 1.82) is 5.26 Å². The van der Waals surface area contributed by atoms with Crippen molar-refractivity contribution in [2.75, 3.05) is 6.54 Å². The number of amides is 1. The Morgan fingerprint density at radius 1 is 1.00 bits per heavy atom. The number of carbonyl (C=O) groups is 1. The van der Waals surface area contributed by atoms with E-state index in [1.807, 2.05) is 19.1 Å². The van der Waals surface area contributed by atoms with Crippen LogP contribution in [-0.4, -0.2) is 17.4 Å². The third kappa shape index (κ3) is 4.49. The zero-order valence-corrected chi connectivity index (χ0v) is 18.2. The Bertz CT molecular complexity index is 1200. The smallest absolute Gasteiger partial charge is 0.224 e. The highest BCUT2D eigenvalue weighted by Gasteiger charge is 2.41. The maximum absolute atomic E-state index is 14.1. The first kappa shape index (κ1) is 22.6. The van der Waals surface area contributed by atoms with Gasteiger partial charge >= 0.3 is 0 Å². The average Bonchev–Trinajstić information content (AvgIpc) is 2.79. The summed E-state index contributed by atoms with van der Waals surface area (Å²) < 4.78 is 40.7. The first-order valence-corrected chi connectivity index (χ1v) is 10.8. The summed E-state index contributed by atoms with van der Waals surface area (Å²) in [5.41, 5.74) is 2.00. The van der Waals surface area contributed by atoms with Gasteiger partial charge in [0.2, 0.25) is 5.91 Å². The molecule has 1 saturated heterocycles. The van der Waals surface area contributed by atoms with E-state index >= 15 is 0 Å². The monoisotopic (exact) mass is 448 g/mol. The number of piperidine rings is 1. The number of benzene rings is 3. The topological polar surface area (TPSA) is 44.1 Å². The van der Waals surface area contributed by atoms with E-state index in [4.69, 9.17) is 0 Å². The summed E-state index contributed by atoms with van der Waals surface area (Å²) in [4.78, 5) is 14.9. The third-order valence-corrected chi connectivity index (χ3v) is 6.62. The van der Waals surface area contributed by atoms with Gasteiger partial charge in [-0.2, -0.15) is 5.26 Å². The van der Waals surface area contributed by atoms with Crippen LogP contribution in [0.4, 0.5) is 13.2 Å². The van der Waals surface area contributed by atoms with Gasteiger partial charge in [-0.15, -0.1) is 0 Å². The summed E-state index contributed by atoms with van der Waals surface area (Å²) in [7, 11) is 0. The van der Waals surface area contributed by atoms with Crippen molar-refractivity contribution in [3.63, 3.8) is 0 Å². The first-order chi connectivity index (χ1) is 15.8. The van der Waals surface area contributed by atoms with Crippen molar-refractivity contribution in [3.05, 3.63) is 95.3 Å². The summed E-state index contributed by atoms with van der Waals surface area (Å²) in [5, 5.41) is 9.40. The van der Waals surface area contributed by atoms with Gasteiger partial charge in [-0.3, -0.25) is 4.79 Å². The molecule has 0 aromatic heterocycles. The van der Waals surface area contributed by atoms with Gasteiger partial charge < -0.3 is 4.90 Å². The van der Waals surface area contributed by atoms with Gasteiger partial charge in [-0.05, 0) is 54.3 Å². The quantitative estimate of drug-likeness (QED) is 0.459. The third-order valence-electron chi connectivity index (χ3n) is 6.62. The van der Waals surface area contributed by atoms with E-state index in [0.29, 0.717) is 24.1 Å². The van der Waals surface area contributed by atoms with Gasteiger partial charge in [0, 0.05) is 36.4 Å². The van der Waals surface area contributed by atoms with Crippen LogP contribution in [0.15, 0.2) is 66.7 Å². The van der Waals surface area contributed by atoms with E-state index in [2.05, 4.69) is 6.07 Å². The van der Waals surface area contributed by atoms with Crippen LogP contribution < -0.4 is 0 Å². The summed E-state index contributed by atoms with van der Waals surface area (Å²) in [6.07, 6.45) is 0.959. The van der Waals surface area contributed by atoms with Gasteiger partial charge in [0.25, 0.3) is 0 Å². The normalized spacial score (nSPS) is 19.2. The predicted octanol–water partition coefficient (Wildman–Crippen LogP) is 6.31. The van der Waals surface area contributed by atoms with Crippen molar-refractivity contribution in [1.82, 2.24) is 4.90 Å². The van der Waals surface area contributed by atoms with Crippen molar-refractivity contribution in [2.45, 2.75) is 37.6 Å². The number of rotatable bonds is 5. The fraction of sp³-hybridized carbons (Fsp3) is 0.259. The maximum Gasteiger partial charge on any atom is 0.224 e. The molecule has 0 radical (unpaired) electrons. The molecule has 1 fully saturated rings. The number of likely N-dealkylation sites (tertiary alicyclic amines) is 1. The first-order valence-electron chi connectivity index (χ1n) is 10.8. The Kier molecular flexibility index (Phi) is 6.24. The van der Waals surface area contributed by atoms with Crippen molar-refractivity contribution >= 4 is 5.91 Å². The number of hydrogen-bond acceptors (Lipinski definition) is 2. The maximum atomic E-state index is 14.1. The molecular weight excluding hydrogens is 425 g/mol. The minimum atomic E-state index is -0.628. The zero-order chi connectivity index (χ0) is 23.6. The molecule has 3 nitrogen and oxygen atoms in total. The molecule has 2 atom stereocenters. The van der Waals surface area contributed by atoms with Crippen LogP contribution in [0.5, 0.6) is 0 Å². The Morgan fingerprint density at radius 2 is 1.67 bits per heavy atom. The summed E-state index contributed by atoms with van der Waals surface area (Å²) in [6, 6.07) is 18.7. The van der Waals surface area contributed by atoms with Crippen LogP contribution in [0, 0.1) is 28.8 Å². The van der Waals surface area contributed by atoms with E-state index < -0.39 is 17.0 Å². The summed E-state index contributed by atoms with van der Waals surface area (Å²) >= 11 is 0. The highest BCUT2D eigenvalue weighted by molar-refractivity contribution is 5.79. The number of halogens is 3. The molecule has 3 aromatic rings. The molecule has 1 amide bonds. The van der Waals surface area contributed by atoms with Crippen LogP contribution in [0.25, 0.3) is 11.1 Å². The van der Waals surface area contributed by atoms with E-state index in [-0.39, 0.29) is 30.6 Å². The Labute approximate surface area is 191 Å². The number of carbonyl (C=O) groups excluding carboxylic acids is 1. The van der Waals surface area contributed by atoms with E-state index in [0.717, 1.165) is 17.2 Å². The van der Waals surface area contributed by atoms with Gasteiger partial charge in [-0.1, -0.05) is 36.4 Å². The van der Waals surface area contributed by atoms with E-state index in [9.17, 15) is 23.2 Å². The number of hydrogen-bond donors (Lipinski definition) is 0. The molecule has 0 spiro atoms. The Balaban J connectivity index is 1.53. The lowest BCUT2D eigenvalue weighted by atomic mass is 9.70. The van der Waals surface area contributed by atoms with Crippen molar-refractivity contribution in [3.8, 4) is 17.2 Å².